The molecular formula is C3H8N3S+. The lowest BCUT2D eigenvalue weighted by atomic mass is 10.8. The summed E-state index contributed by atoms with van der Waals surface area (Å²) < 4.78 is 1.74. The van der Waals surface area contributed by atoms with Crippen LogP contribution in [-0.2, 0) is 0 Å². The molecule has 0 aromatic heterocycles. The Hall–Kier alpha value is -0.220. The van der Waals surface area contributed by atoms with E-state index < -0.39 is 0 Å². The maximum absolute atomic E-state index is 4.01. The lowest BCUT2D eigenvalue weighted by molar-refractivity contribution is -0.353. The molecule has 1 rings (SSSR count). The van der Waals surface area contributed by atoms with Crippen molar-refractivity contribution in [3.63, 3.8) is 0 Å². The van der Waals surface area contributed by atoms with Gasteiger partial charge in [-0.05, 0) is 0 Å². The van der Waals surface area contributed by atoms with Crippen LogP contribution in [0.3, 0.4) is 0 Å². The Morgan fingerprint density at radius 2 is 2.57 bits per heavy atom. The second kappa shape index (κ2) is 2.18. The smallest absolute Gasteiger partial charge is 0.245 e. The standard InChI is InChI=1S/C3H7N3S/c7-6-2-4-1-5-3-6/h2,5,7H,1,3H2/p+1. The van der Waals surface area contributed by atoms with Gasteiger partial charge in [0.25, 0.3) is 0 Å². The van der Waals surface area contributed by atoms with Crippen LogP contribution in [0.15, 0.2) is 0 Å². The molecule has 0 saturated heterocycles. The van der Waals surface area contributed by atoms with Crippen molar-refractivity contribution < 1.29 is 3.98 Å². The molecule has 0 unspecified atom stereocenters. The number of hydrogen-bond acceptors (Lipinski definition) is 3. The highest BCUT2D eigenvalue weighted by Gasteiger charge is 1.98. The van der Waals surface area contributed by atoms with E-state index in [1.54, 1.807) is 3.98 Å². The van der Waals surface area contributed by atoms with Crippen molar-refractivity contribution in [3.8, 4) is 0 Å². The second-order valence-corrected chi connectivity index (χ2v) is 1.87. The second-order valence-electron chi connectivity index (χ2n) is 1.36. The molecule has 0 aromatic rings. The van der Waals surface area contributed by atoms with E-state index in [2.05, 4.69) is 23.4 Å². The van der Waals surface area contributed by atoms with E-state index in [0.717, 1.165) is 13.3 Å². The Labute approximate surface area is 48.0 Å². The molecular weight excluding hydrogens is 110 g/mol. The van der Waals surface area contributed by atoms with Crippen LogP contribution in [0.1, 0.15) is 0 Å². The maximum Gasteiger partial charge on any atom is 0.245 e. The molecule has 0 aliphatic carbocycles. The minimum absolute atomic E-state index is 0.816. The average Bonchev–Trinajstić information content (AvgIpc) is 1.69. The SMILES string of the molecule is S[N+]1=CNCNC1. The topological polar surface area (TPSA) is 27.1 Å². The fourth-order valence-electron chi connectivity index (χ4n) is 0.439. The van der Waals surface area contributed by atoms with E-state index in [-0.39, 0.29) is 0 Å². The summed E-state index contributed by atoms with van der Waals surface area (Å²) in [7, 11) is 0. The van der Waals surface area contributed by atoms with Crippen LogP contribution in [0, 0.1) is 0 Å². The van der Waals surface area contributed by atoms with Crippen molar-refractivity contribution in [2.45, 2.75) is 0 Å². The molecule has 0 aromatic carbocycles. The molecule has 0 amide bonds. The van der Waals surface area contributed by atoms with Gasteiger partial charge in [-0.15, -0.1) is 0 Å². The summed E-state index contributed by atoms with van der Waals surface area (Å²) in [5.41, 5.74) is 0. The molecule has 1 aliphatic rings. The van der Waals surface area contributed by atoms with E-state index in [9.17, 15) is 0 Å². The van der Waals surface area contributed by atoms with E-state index in [4.69, 9.17) is 0 Å². The van der Waals surface area contributed by atoms with Gasteiger partial charge in [-0.1, -0.05) is 0 Å². The average molecular weight is 118 g/mol. The fourth-order valence-corrected chi connectivity index (χ4v) is 0.621. The molecule has 3 nitrogen and oxygen atoms in total. The Morgan fingerprint density at radius 1 is 1.71 bits per heavy atom. The molecule has 4 heteroatoms. The highest BCUT2D eigenvalue weighted by molar-refractivity contribution is 7.73. The zero-order valence-corrected chi connectivity index (χ0v) is 4.78. The molecule has 2 N–H and O–H groups in total. The van der Waals surface area contributed by atoms with Gasteiger partial charge in [0.2, 0.25) is 6.34 Å². The van der Waals surface area contributed by atoms with Crippen LogP contribution in [0.2, 0.25) is 0 Å². The Bertz CT molecular complexity index is 90.2. The van der Waals surface area contributed by atoms with E-state index in [0.29, 0.717) is 0 Å². The van der Waals surface area contributed by atoms with Gasteiger partial charge in [0.05, 0.1) is 0 Å². The minimum atomic E-state index is 0.816. The van der Waals surface area contributed by atoms with Crippen LogP contribution < -0.4 is 10.6 Å². The number of thiol groups is 1. The van der Waals surface area contributed by atoms with Crippen molar-refractivity contribution in [3.05, 3.63) is 0 Å². The summed E-state index contributed by atoms with van der Waals surface area (Å²) in [6.45, 7) is 1.66. The molecule has 1 aliphatic heterocycles. The quantitative estimate of drug-likeness (QED) is 0.280. The van der Waals surface area contributed by atoms with Crippen LogP contribution in [0.4, 0.5) is 0 Å². The first-order valence-corrected chi connectivity index (χ1v) is 2.52. The normalized spacial score (nSPS) is 20.4. The van der Waals surface area contributed by atoms with Crippen molar-refractivity contribution in [2.75, 3.05) is 13.3 Å². The zero-order chi connectivity index (χ0) is 5.11. The van der Waals surface area contributed by atoms with E-state index >= 15 is 0 Å². The van der Waals surface area contributed by atoms with Crippen LogP contribution in [0.25, 0.3) is 0 Å². The molecule has 0 spiro atoms. The van der Waals surface area contributed by atoms with Crippen molar-refractivity contribution in [2.24, 2.45) is 0 Å². The Kier molecular flexibility index (Phi) is 1.54. The van der Waals surface area contributed by atoms with Gasteiger partial charge in [-0.3, -0.25) is 5.32 Å². The number of nitrogens with one attached hydrogen (secondary N) is 2. The number of nitrogens with zero attached hydrogens (tertiary/aromatic N) is 1. The van der Waals surface area contributed by atoms with Crippen LogP contribution >= 0.6 is 12.8 Å². The number of rotatable bonds is 0. The maximum atomic E-state index is 4.01. The molecule has 40 valence electrons. The summed E-state index contributed by atoms with van der Waals surface area (Å²) >= 11 is 4.01. The van der Waals surface area contributed by atoms with E-state index in [1.165, 1.54) is 0 Å². The van der Waals surface area contributed by atoms with Gasteiger partial charge in [-0.2, -0.15) is 3.98 Å². The van der Waals surface area contributed by atoms with Gasteiger partial charge in [0.15, 0.2) is 6.67 Å². The molecule has 0 saturated carbocycles. The molecule has 0 fully saturated rings. The summed E-state index contributed by atoms with van der Waals surface area (Å²) in [6, 6.07) is 0. The van der Waals surface area contributed by atoms with Gasteiger partial charge < -0.3 is 0 Å². The van der Waals surface area contributed by atoms with Gasteiger partial charge >= 0.3 is 0 Å². The van der Waals surface area contributed by atoms with Gasteiger partial charge in [0, 0.05) is 12.8 Å². The van der Waals surface area contributed by atoms with Crippen molar-refractivity contribution >= 4 is 19.2 Å². The fraction of sp³-hybridized carbons (Fsp3) is 0.667. The third kappa shape index (κ3) is 1.36. The van der Waals surface area contributed by atoms with Crippen molar-refractivity contribution in [1.82, 2.24) is 10.6 Å². The zero-order valence-electron chi connectivity index (χ0n) is 3.89. The molecule has 0 radical (unpaired) electrons. The lowest BCUT2D eigenvalue weighted by Crippen LogP contribution is -2.39. The number of hydrogen-bond donors (Lipinski definition) is 3. The summed E-state index contributed by atoms with van der Waals surface area (Å²) in [4.78, 5) is 0. The first kappa shape index (κ1) is 4.93. The van der Waals surface area contributed by atoms with Gasteiger partial charge in [0.1, 0.15) is 6.67 Å². The van der Waals surface area contributed by atoms with Gasteiger partial charge in [-0.25, -0.2) is 5.32 Å². The Morgan fingerprint density at radius 3 is 2.86 bits per heavy atom. The first-order valence-electron chi connectivity index (χ1n) is 2.12. The lowest BCUT2D eigenvalue weighted by Gasteiger charge is -2.04. The highest BCUT2D eigenvalue weighted by atomic mass is 32.1. The predicted octanol–water partition coefficient (Wildman–Crippen LogP) is -1.02. The van der Waals surface area contributed by atoms with E-state index in [1.807, 2.05) is 6.34 Å². The third-order valence-electron chi connectivity index (χ3n) is 0.741. The molecule has 7 heavy (non-hydrogen) atoms. The summed E-state index contributed by atoms with van der Waals surface area (Å²) in [5, 5.41) is 5.99. The van der Waals surface area contributed by atoms with Crippen LogP contribution in [-0.4, -0.2) is 23.7 Å². The minimum Gasteiger partial charge on any atom is -0.267 e. The molecule has 0 bridgehead atoms. The summed E-state index contributed by atoms with van der Waals surface area (Å²) in [6.07, 6.45) is 1.82. The monoisotopic (exact) mass is 118 g/mol. The van der Waals surface area contributed by atoms with Crippen LogP contribution in [0.5, 0.6) is 0 Å². The molecule has 0 atom stereocenters. The first-order chi connectivity index (χ1) is 3.39. The molecule has 1 heterocycles. The summed E-state index contributed by atoms with van der Waals surface area (Å²) in [5.74, 6) is 0. The predicted molar refractivity (Wildman–Crippen MR) is 31.3 cm³/mol. The highest BCUT2D eigenvalue weighted by Crippen LogP contribution is 1.75. The largest absolute Gasteiger partial charge is 0.267 e. The Balaban J connectivity index is 2.40. The van der Waals surface area contributed by atoms with Crippen molar-refractivity contribution in [1.29, 1.82) is 0 Å². The third-order valence-corrected chi connectivity index (χ3v) is 0.998.